The average molecular weight is 257 g/mol. The van der Waals surface area contributed by atoms with E-state index in [9.17, 15) is 0 Å². The lowest BCUT2D eigenvalue weighted by atomic mass is 9.99. The van der Waals surface area contributed by atoms with Gasteiger partial charge in [-0.2, -0.15) is 0 Å². The molecule has 0 bridgehead atoms. The molecule has 0 spiro atoms. The third-order valence-corrected chi connectivity index (χ3v) is 3.30. The highest BCUT2D eigenvalue weighted by Crippen LogP contribution is 2.25. The first-order valence-corrected chi connectivity index (χ1v) is 6.35. The molecule has 0 aliphatic heterocycles. The standard InChI is InChI=1S/C13H21ClN2O/c1-4-12(17-5-2)13(16-15)10-7-6-9(3)11(14)8-10/h6-8,12-13,16H,4-5,15H2,1-3H3. The number of rotatable bonds is 6. The second-order valence-electron chi connectivity index (χ2n) is 4.06. The van der Waals surface area contributed by atoms with E-state index in [0.717, 1.165) is 22.6 Å². The van der Waals surface area contributed by atoms with Crippen molar-refractivity contribution in [2.75, 3.05) is 6.61 Å². The highest BCUT2D eigenvalue weighted by Gasteiger charge is 2.21. The Balaban J connectivity index is 2.95. The predicted molar refractivity (Wildman–Crippen MR) is 72.0 cm³/mol. The van der Waals surface area contributed by atoms with Gasteiger partial charge in [0.15, 0.2) is 0 Å². The Kier molecular flexibility index (Phi) is 5.92. The number of aryl methyl sites for hydroxylation is 1. The van der Waals surface area contributed by atoms with Gasteiger partial charge in [0.2, 0.25) is 0 Å². The Labute approximate surface area is 108 Å². The number of nitrogens with one attached hydrogen (secondary N) is 1. The summed E-state index contributed by atoms with van der Waals surface area (Å²) in [7, 11) is 0. The summed E-state index contributed by atoms with van der Waals surface area (Å²) in [5, 5.41) is 0.758. The molecule has 1 aromatic rings. The molecule has 2 unspecified atom stereocenters. The third kappa shape index (κ3) is 3.68. The summed E-state index contributed by atoms with van der Waals surface area (Å²) in [4.78, 5) is 0. The maximum atomic E-state index is 6.13. The van der Waals surface area contributed by atoms with E-state index >= 15 is 0 Å². The van der Waals surface area contributed by atoms with Crippen LogP contribution in [0.3, 0.4) is 0 Å². The lowest BCUT2D eigenvalue weighted by Gasteiger charge is -2.26. The number of nitrogens with two attached hydrogens (primary N) is 1. The van der Waals surface area contributed by atoms with Gasteiger partial charge in [0, 0.05) is 11.6 Å². The highest BCUT2D eigenvalue weighted by atomic mass is 35.5. The van der Waals surface area contributed by atoms with E-state index < -0.39 is 0 Å². The molecule has 3 N–H and O–H groups in total. The summed E-state index contributed by atoms with van der Waals surface area (Å²) >= 11 is 6.13. The molecule has 4 heteroatoms. The second-order valence-corrected chi connectivity index (χ2v) is 4.46. The fourth-order valence-electron chi connectivity index (χ4n) is 1.88. The Bertz CT molecular complexity index is 357. The van der Waals surface area contributed by atoms with Gasteiger partial charge in [0.1, 0.15) is 0 Å². The Morgan fingerprint density at radius 2 is 2.12 bits per heavy atom. The molecule has 0 heterocycles. The van der Waals surface area contributed by atoms with Crippen molar-refractivity contribution in [1.29, 1.82) is 0 Å². The van der Waals surface area contributed by atoms with Crippen molar-refractivity contribution in [3.05, 3.63) is 34.3 Å². The first-order valence-electron chi connectivity index (χ1n) is 5.97. The largest absolute Gasteiger partial charge is 0.376 e. The monoisotopic (exact) mass is 256 g/mol. The van der Waals surface area contributed by atoms with Crippen molar-refractivity contribution in [2.24, 2.45) is 5.84 Å². The Morgan fingerprint density at radius 1 is 1.41 bits per heavy atom. The van der Waals surface area contributed by atoms with Crippen molar-refractivity contribution < 1.29 is 4.74 Å². The molecule has 96 valence electrons. The minimum absolute atomic E-state index is 0.0296. The molecular weight excluding hydrogens is 236 g/mol. The van der Waals surface area contributed by atoms with Gasteiger partial charge in [-0.05, 0) is 37.5 Å². The molecule has 2 atom stereocenters. The topological polar surface area (TPSA) is 47.3 Å². The van der Waals surface area contributed by atoms with Crippen LogP contribution in [0.25, 0.3) is 0 Å². The van der Waals surface area contributed by atoms with Gasteiger partial charge in [-0.3, -0.25) is 11.3 Å². The van der Waals surface area contributed by atoms with Gasteiger partial charge < -0.3 is 4.74 Å². The SMILES string of the molecule is CCOC(CC)C(NN)c1ccc(C)c(Cl)c1. The van der Waals surface area contributed by atoms with Crippen LogP contribution in [0.5, 0.6) is 0 Å². The molecular formula is C13H21ClN2O. The van der Waals surface area contributed by atoms with Crippen LogP contribution in [0.4, 0.5) is 0 Å². The molecule has 0 radical (unpaired) electrons. The average Bonchev–Trinajstić information content (AvgIpc) is 2.33. The zero-order valence-corrected chi connectivity index (χ0v) is 11.4. The van der Waals surface area contributed by atoms with E-state index in [-0.39, 0.29) is 12.1 Å². The summed E-state index contributed by atoms with van der Waals surface area (Å²) < 4.78 is 5.68. The van der Waals surface area contributed by atoms with Crippen LogP contribution in [0.15, 0.2) is 18.2 Å². The van der Waals surface area contributed by atoms with E-state index in [1.165, 1.54) is 0 Å². The zero-order valence-electron chi connectivity index (χ0n) is 10.7. The number of benzene rings is 1. The quantitative estimate of drug-likeness (QED) is 0.608. The zero-order chi connectivity index (χ0) is 12.8. The Morgan fingerprint density at radius 3 is 2.59 bits per heavy atom. The number of hydrazine groups is 1. The molecule has 0 fully saturated rings. The van der Waals surface area contributed by atoms with Crippen LogP contribution in [-0.4, -0.2) is 12.7 Å². The first kappa shape index (κ1) is 14.5. The lowest BCUT2D eigenvalue weighted by Crippen LogP contribution is -2.37. The van der Waals surface area contributed by atoms with Crippen LogP contribution in [0.2, 0.25) is 5.02 Å². The van der Waals surface area contributed by atoms with Crippen LogP contribution >= 0.6 is 11.6 Å². The molecule has 0 amide bonds. The van der Waals surface area contributed by atoms with Crippen molar-refractivity contribution in [3.63, 3.8) is 0 Å². The van der Waals surface area contributed by atoms with Gasteiger partial charge in [-0.1, -0.05) is 30.7 Å². The Hall–Kier alpha value is -0.610. The summed E-state index contributed by atoms with van der Waals surface area (Å²) in [6.07, 6.45) is 0.956. The normalized spacial score (nSPS) is 14.6. The number of hydrogen-bond acceptors (Lipinski definition) is 3. The van der Waals surface area contributed by atoms with Gasteiger partial charge in [0.05, 0.1) is 12.1 Å². The van der Waals surface area contributed by atoms with Crippen LogP contribution in [-0.2, 0) is 4.74 Å². The summed E-state index contributed by atoms with van der Waals surface area (Å²) in [5.74, 6) is 5.63. The predicted octanol–water partition coefficient (Wildman–Crippen LogP) is 2.97. The molecule has 0 aliphatic carbocycles. The fraction of sp³-hybridized carbons (Fsp3) is 0.538. The van der Waals surface area contributed by atoms with Crippen molar-refractivity contribution >= 4 is 11.6 Å². The molecule has 0 aliphatic rings. The van der Waals surface area contributed by atoms with Crippen molar-refractivity contribution in [3.8, 4) is 0 Å². The number of halogens is 1. The molecule has 0 saturated heterocycles. The molecule has 1 aromatic carbocycles. The number of hydrogen-bond donors (Lipinski definition) is 2. The molecule has 3 nitrogen and oxygen atoms in total. The smallest absolute Gasteiger partial charge is 0.0779 e. The summed E-state index contributed by atoms with van der Waals surface area (Å²) in [6, 6.07) is 5.95. The van der Waals surface area contributed by atoms with Crippen LogP contribution in [0, 0.1) is 6.92 Å². The first-order chi connectivity index (χ1) is 8.13. The minimum atomic E-state index is -0.0296. The van der Waals surface area contributed by atoms with E-state index in [1.807, 2.05) is 32.0 Å². The lowest BCUT2D eigenvalue weighted by molar-refractivity contribution is 0.0314. The van der Waals surface area contributed by atoms with Crippen LogP contribution in [0.1, 0.15) is 37.4 Å². The number of ether oxygens (including phenoxy) is 1. The second kappa shape index (κ2) is 6.97. The van der Waals surface area contributed by atoms with Crippen molar-refractivity contribution in [2.45, 2.75) is 39.3 Å². The highest BCUT2D eigenvalue weighted by molar-refractivity contribution is 6.31. The molecule has 0 aromatic heterocycles. The molecule has 17 heavy (non-hydrogen) atoms. The molecule has 1 rings (SSSR count). The van der Waals surface area contributed by atoms with E-state index in [4.69, 9.17) is 22.2 Å². The van der Waals surface area contributed by atoms with E-state index in [0.29, 0.717) is 6.61 Å². The van der Waals surface area contributed by atoms with Gasteiger partial charge in [-0.25, -0.2) is 0 Å². The fourth-order valence-corrected chi connectivity index (χ4v) is 2.07. The van der Waals surface area contributed by atoms with E-state index in [1.54, 1.807) is 0 Å². The van der Waals surface area contributed by atoms with Gasteiger partial charge in [0.25, 0.3) is 0 Å². The maximum absolute atomic E-state index is 6.13. The minimum Gasteiger partial charge on any atom is -0.376 e. The van der Waals surface area contributed by atoms with Gasteiger partial charge in [-0.15, -0.1) is 0 Å². The van der Waals surface area contributed by atoms with Crippen molar-refractivity contribution in [1.82, 2.24) is 5.43 Å². The molecule has 0 saturated carbocycles. The third-order valence-electron chi connectivity index (χ3n) is 2.89. The van der Waals surface area contributed by atoms with Gasteiger partial charge >= 0.3 is 0 Å². The maximum Gasteiger partial charge on any atom is 0.0779 e. The van der Waals surface area contributed by atoms with Crippen LogP contribution < -0.4 is 11.3 Å². The summed E-state index contributed by atoms with van der Waals surface area (Å²) in [5.41, 5.74) is 4.94. The van der Waals surface area contributed by atoms with E-state index in [2.05, 4.69) is 12.3 Å². The summed E-state index contributed by atoms with van der Waals surface area (Å²) in [6.45, 7) is 6.73.